The number of rotatable bonds is 21. The lowest BCUT2D eigenvalue weighted by molar-refractivity contribution is -0.119. The summed E-state index contributed by atoms with van der Waals surface area (Å²) in [7, 11) is 0. The topological polar surface area (TPSA) is 105 Å². The molecule has 3 aromatic carbocycles. The minimum absolute atomic E-state index is 0.0995. The van der Waals surface area contributed by atoms with Gasteiger partial charge in [0.2, 0.25) is 5.91 Å². The molecule has 1 atom stereocenters. The lowest BCUT2D eigenvalue weighted by Gasteiger charge is -2.20. The van der Waals surface area contributed by atoms with E-state index < -0.39 is 0 Å². The molecule has 0 fully saturated rings. The van der Waals surface area contributed by atoms with Gasteiger partial charge in [-0.25, -0.2) is 0 Å². The van der Waals surface area contributed by atoms with Crippen molar-refractivity contribution in [3.05, 3.63) is 114 Å². The van der Waals surface area contributed by atoms with Gasteiger partial charge in [0.05, 0.1) is 58.5 Å². The minimum atomic E-state index is -0.367. The van der Waals surface area contributed by atoms with Crippen LogP contribution in [-0.2, 0) is 30.2 Å². The fourth-order valence-corrected chi connectivity index (χ4v) is 5.01. The molecule has 0 aliphatic carbocycles. The van der Waals surface area contributed by atoms with Crippen LogP contribution in [0.15, 0.2) is 97.2 Å². The Balaban J connectivity index is 1.22. The highest BCUT2D eigenvalue weighted by Crippen LogP contribution is 2.31. The Morgan fingerprint density at radius 2 is 1.31 bits per heavy atom. The number of nitrogens with zero attached hydrogens (tertiary/aromatic N) is 1. The van der Waals surface area contributed by atoms with Gasteiger partial charge in [-0.2, -0.15) is 0 Å². The molecule has 0 spiro atoms. The first kappa shape index (κ1) is 34.0. The second kappa shape index (κ2) is 19.5. The van der Waals surface area contributed by atoms with Crippen LogP contribution in [0.5, 0.6) is 0 Å². The summed E-state index contributed by atoms with van der Waals surface area (Å²) in [5.41, 5.74) is 13.2. The van der Waals surface area contributed by atoms with Crippen molar-refractivity contribution in [2.24, 2.45) is 5.73 Å². The maximum atomic E-state index is 10.7. The van der Waals surface area contributed by atoms with Crippen molar-refractivity contribution >= 4 is 5.91 Å². The van der Waals surface area contributed by atoms with E-state index in [1.54, 1.807) is 0 Å². The Labute approximate surface area is 266 Å². The standard InChI is InChI=1S/C37H45N3O5/c1-29-33(31-11-6-3-7-12-31)13-8-14-34(29)35-16-15-32(28-40-35)36(27-30-9-4-2-5-10-30)39-18-20-43-22-24-45-26-25-44-23-21-42-19-17-37(38)41/h2-16,28,36,39H,17-27H2,1H3,(H2,38,41). The summed E-state index contributed by atoms with van der Waals surface area (Å²) in [5, 5.41) is 3.67. The van der Waals surface area contributed by atoms with E-state index in [1.807, 2.05) is 18.3 Å². The third-order valence-corrected chi connectivity index (χ3v) is 7.41. The average molecular weight is 612 g/mol. The quantitative estimate of drug-likeness (QED) is 0.119. The molecule has 0 aliphatic heterocycles. The number of amides is 1. The van der Waals surface area contributed by atoms with E-state index >= 15 is 0 Å². The van der Waals surface area contributed by atoms with Gasteiger partial charge in [0.1, 0.15) is 0 Å². The first-order chi connectivity index (χ1) is 22.1. The van der Waals surface area contributed by atoms with E-state index in [9.17, 15) is 4.79 Å². The Hall–Kier alpha value is -3.92. The predicted octanol–water partition coefficient (Wildman–Crippen LogP) is 5.54. The molecule has 1 unspecified atom stereocenters. The largest absolute Gasteiger partial charge is 0.379 e. The van der Waals surface area contributed by atoms with Crippen LogP contribution in [-0.4, -0.2) is 70.3 Å². The number of pyridine rings is 1. The van der Waals surface area contributed by atoms with Crippen LogP contribution in [0.2, 0.25) is 0 Å². The van der Waals surface area contributed by atoms with Crippen LogP contribution in [0.1, 0.15) is 29.2 Å². The van der Waals surface area contributed by atoms with Crippen LogP contribution in [0.3, 0.4) is 0 Å². The molecule has 1 aromatic heterocycles. The van der Waals surface area contributed by atoms with E-state index in [2.05, 4.69) is 91.1 Å². The monoisotopic (exact) mass is 611 g/mol. The van der Waals surface area contributed by atoms with E-state index in [0.717, 1.165) is 23.2 Å². The van der Waals surface area contributed by atoms with Crippen molar-refractivity contribution < 1.29 is 23.7 Å². The van der Waals surface area contributed by atoms with Crippen molar-refractivity contribution in [2.45, 2.75) is 25.8 Å². The Morgan fingerprint density at radius 3 is 1.93 bits per heavy atom. The molecule has 0 aliphatic rings. The number of nitrogens with one attached hydrogen (secondary N) is 1. The van der Waals surface area contributed by atoms with Gasteiger partial charge in [-0.05, 0) is 47.2 Å². The zero-order valence-electron chi connectivity index (χ0n) is 26.2. The van der Waals surface area contributed by atoms with Crippen LogP contribution >= 0.6 is 0 Å². The second-order valence-electron chi connectivity index (χ2n) is 10.7. The number of primary amides is 1. The Morgan fingerprint density at radius 1 is 0.711 bits per heavy atom. The molecule has 0 saturated heterocycles. The van der Waals surface area contributed by atoms with Gasteiger partial charge < -0.3 is 30.0 Å². The molecule has 4 rings (SSSR count). The van der Waals surface area contributed by atoms with E-state index in [1.165, 1.54) is 22.3 Å². The number of benzene rings is 3. The number of ether oxygens (including phenoxy) is 4. The molecule has 1 amide bonds. The summed E-state index contributed by atoms with van der Waals surface area (Å²) in [6.45, 7) is 6.63. The highest BCUT2D eigenvalue weighted by molar-refractivity contribution is 5.76. The van der Waals surface area contributed by atoms with Crippen molar-refractivity contribution in [1.29, 1.82) is 0 Å². The van der Waals surface area contributed by atoms with Gasteiger partial charge >= 0.3 is 0 Å². The third-order valence-electron chi connectivity index (χ3n) is 7.41. The molecule has 8 nitrogen and oxygen atoms in total. The van der Waals surface area contributed by atoms with Crippen molar-refractivity contribution in [2.75, 3.05) is 59.4 Å². The molecule has 0 saturated carbocycles. The highest BCUT2D eigenvalue weighted by Gasteiger charge is 2.14. The summed E-state index contributed by atoms with van der Waals surface area (Å²) >= 11 is 0. The van der Waals surface area contributed by atoms with Crippen molar-refractivity contribution in [3.63, 3.8) is 0 Å². The van der Waals surface area contributed by atoms with Gasteiger partial charge in [-0.15, -0.1) is 0 Å². The van der Waals surface area contributed by atoms with E-state index in [0.29, 0.717) is 59.4 Å². The van der Waals surface area contributed by atoms with Gasteiger partial charge in [0, 0.05) is 30.8 Å². The van der Waals surface area contributed by atoms with Crippen LogP contribution in [0.4, 0.5) is 0 Å². The van der Waals surface area contributed by atoms with Gasteiger partial charge in [-0.3, -0.25) is 9.78 Å². The SMILES string of the molecule is Cc1c(-c2ccccc2)cccc1-c1ccc(C(Cc2ccccc2)NCCOCCOCCOCCOCCC(N)=O)cn1. The predicted molar refractivity (Wildman–Crippen MR) is 178 cm³/mol. The van der Waals surface area contributed by atoms with Gasteiger partial charge in [-0.1, -0.05) is 84.9 Å². The van der Waals surface area contributed by atoms with E-state index in [-0.39, 0.29) is 18.4 Å². The third kappa shape index (κ3) is 11.8. The first-order valence-electron chi connectivity index (χ1n) is 15.6. The summed E-state index contributed by atoms with van der Waals surface area (Å²) in [4.78, 5) is 15.6. The number of hydrogen-bond donors (Lipinski definition) is 2. The first-order valence-corrected chi connectivity index (χ1v) is 15.6. The number of carbonyl (C=O) groups is 1. The zero-order valence-corrected chi connectivity index (χ0v) is 26.2. The second-order valence-corrected chi connectivity index (χ2v) is 10.7. The molecule has 1 heterocycles. The van der Waals surface area contributed by atoms with E-state index in [4.69, 9.17) is 29.7 Å². The molecule has 0 radical (unpaired) electrons. The molecule has 3 N–H and O–H groups in total. The summed E-state index contributed by atoms with van der Waals surface area (Å²) < 4.78 is 22.1. The fourth-order valence-electron chi connectivity index (χ4n) is 5.01. The molecule has 0 bridgehead atoms. The highest BCUT2D eigenvalue weighted by atomic mass is 16.6. The van der Waals surface area contributed by atoms with Crippen LogP contribution in [0, 0.1) is 6.92 Å². The maximum Gasteiger partial charge on any atom is 0.219 e. The van der Waals surface area contributed by atoms with Gasteiger partial charge in [0.25, 0.3) is 0 Å². The summed E-state index contributed by atoms with van der Waals surface area (Å²) in [6, 6.07) is 31.8. The lowest BCUT2D eigenvalue weighted by atomic mass is 9.94. The zero-order chi connectivity index (χ0) is 31.5. The fraction of sp³-hybridized carbons (Fsp3) is 0.351. The molecular formula is C37H45N3O5. The molecular weight excluding hydrogens is 566 g/mol. The molecule has 8 heteroatoms. The Bertz CT molecular complexity index is 1400. The maximum absolute atomic E-state index is 10.7. The minimum Gasteiger partial charge on any atom is -0.379 e. The lowest BCUT2D eigenvalue weighted by Crippen LogP contribution is -2.27. The normalized spacial score (nSPS) is 11.8. The van der Waals surface area contributed by atoms with Crippen molar-refractivity contribution in [3.8, 4) is 22.4 Å². The van der Waals surface area contributed by atoms with Crippen molar-refractivity contribution in [1.82, 2.24) is 10.3 Å². The molecule has 4 aromatic rings. The molecule has 238 valence electrons. The van der Waals surface area contributed by atoms with Crippen LogP contribution in [0.25, 0.3) is 22.4 Å². The molecule has 45 heavy (non-hydrogen) atoms. The number of aromatic nitrogens is 1. The summed E-state index contributed by atoms with van der Waals surface area (Å²) in [5.74, 6) is -0.367. The Kier molecular flexibility index (Phi) is 14.7. The number of carbonyl (C=O) groups excluding carboxylic acids is 1. The number of nitrogens with two attached hydrogens (primary N) is 1. The van der Waals surface area contributed by atoms with Crippen LogP contribution < -0.4 is 11.1 Å². The number of hydrogen-bond acceptors (Lipinski definition) is 7. The van der Waals surface area contributed by atoms with Gasteiger partial charge in [0.15, 0.2) is 0 Å². The smallest absolute Gasteiger partial charge is 0.219 e. The average Bonchev–Trinajstić information content (AvgIpc) is 3.07. The summed E-state index contributed by atoms with van der Waals surface area (Å²) in [6.07, 6.45) is 3.07.